The molecular formula is C12H12N4OS. The molecule has 0 N–H and O–H groups in total. The third-order valence-electron chi connectivity index (χ3n) is 2.81. The molecule has 3 aromatic heterocycles. The van der Waals surface area contributed by atoms with Crippen molar-refractivity contribution in [2.75, 3.05) is 0 Å². The van der Waals surface area contributed by atoms with E-state index in [1.807, 2.05) is 23.8 Å². The van der Waals surface area contributed by atoms with E-state index in [-0.39, 0.29) is 0 Å². The van der Waals surface area contributed by atoms with Crippen LogP contribution in [0.15, 0.2) is 23.8 Å². The monoisotopic (exact) mass is 260 g/mol. The summed E-state index contributed by atoms with van der Waals surface area (Å²) in [7, 11) is 0. The fraction of sp³-hybridized carbons (Fsp3) is 0.250. The molecule has 18 heavy (non-hydrogen) atoms. The summed E-state index contributed by atoms with van der Waals surface area (Å²) in [5.41, 5.74) is 1.52. The quantitative estimate of drug-likeness (QED) is 0.680. The number of hydrogen-bond donors (Lipinski definition) is 0. The number of nitrogens with zero attached hydrogens (tertiary/aromatic N) is 4. The van der Waals surface area contributed by atoms with Crippen molar-refractivity contribution in [2.45, 2.75) is 19.8 Å². The van der Waals surface area contributed by atoms with Gasteiger partial charge < -0.3 is 0 Å². The van der Waals surface area contributed by atoms with Gasteiger partial charge in [0.25, 0.3) is 0 Å². The van der Waals surface area contributed by atoms with Crippen LogP contribution in [-0.4, -0.2) is 25.5 Å². The lowest BCUT2D eigenvalue weighted by Crippen LogP contribution is -2.01. The van der Waals surface area contributed by atoms with Gasteiger partial charge in [-0.3, -0.25) is 9.20 Å². The summed E-state index contributed by atoms with van der Waals surface area (Å²) in [5.74, 6) is 0.943. The van der Waals surface area contributed by atoms with E-state index in [9.17, 15) is 4.79 Å². The van der Waals surface area contributed by atoms with Crippen LogP contribution in [0, 0.1) is 0 Å². The van der Waals surface area contributed by atoms with Crippen molar-refractivity contribution >= 4 is 22.6 Å². The molecule has 0 atom stereocenters. The number of thiazole rings is 1. The highest BCUT2D eigenvalue weighted by Gasteiger charge is 2.15. The topological polar surface area (TPSA) is 52.2 Å². The van der Waals surface area contributed by atoms with Crippen LogP contribution in [0.3, 0.4) is 0 Å². The zero-order chi connectivity index (χ0) is 12.7. The largest absolute Gasteiger partial charge is 0.296 e. The summed E-state index contributed by atoms with van der Waals surface area (Å²) >= 11 is 1.50. The third-order valence-corrected chi connectivity index (χ3v) is 3.57. The Hall–Kier alpha value is -1.95. The van der Waals surface area contributed by atoms with Gasteiger partial charge in [0.1, 0.15) is 5.69 Å². The summed E-state index contributed by atoms with van der Waals surface area (Å²) < 4.78 is 3.45. The van der Waals surface area contributed by atoms with Crippen LogP contribution in [0.1, 0.15) is 35.9 Å². The summed E-state index contributed by atoms with van der Waals surface area (Å²) in [5, 5.41) is 6.35. The predicted molar refractivity (Wildman–Crippen MR) is 69.7 cm³/mol. The average molecular weight is 260 g/mol. The van der Waals surface area contributed by atoms with Crippen molar-refractivity contribution in [1.29, 1.82) is 0 Å². The summed E-state index contributed by atoms with van der Waals surface area (Å²) in [6, 6.07) is 1.95. The molecule has 0 fully saturated rings. The maximum absolute atomic E-state index is 11.2. The molecule has 5 nitrogen and oxygen atoms in total. The Morgan fingerprint density at radius 1 is 1.39 bits per heavy atom. The summed E-state index contributed by atoms with van der Waals surface area (Å²) in [6.45, 7) is 4.16. The number of aromatic nitrogens is 4. The highest BCUT2D eigenvalue weighted by atomic mass is 32.1. The van der Waals surface area contributed by atoms with Crippen LogP contribution in [0.5, 0.6) is 0 Å². The first-order valence-corrected chi connectivity index (χ1v) is 6.55. The van der Waals surface area contributed by atoms with Gasteiger partial charge in [-0.2, -0.15) is 10.1 Å². The predicted octanol–water partition coefficient (Wildman–Crippen LogP) is 2.52. The van der Waals surface area contributed by atoms with Crippen molar-refractivity contribution < 1.29 is 4.79 Å². The second-order valence-corrected chi connectivity index (χ2v) is 5.21. The van der Waals surface area contributed by atoms with E-state index in [2.05, 4.69) is 23.9 Å². The highest BCUT2D eigenvalue weighted by molar-refractivity contribution is 7.15. The van der Waals surface area contributed by atoms with Crippen molar-refractivity contribution in [3.8, 4) is 5.82 Å². The smallest absolute Gasteiger partial charge is 0.196 e. The van der Waals surface area contributed by atoms with Crippen LogP contribution in [0.2, 0.25) is 0 Å². The maximum atomic E-state index is 11.2. The van der Waals surface area contributed by atoms with Crippen LogP contribution in [0.25, 0.3) is 10.8 Å². The SMILES string of the molecule is CC(C)c1ccn(-c2nc3sccn3c2C=O)n1. The maximum Gasteiger partial charge on any atom is 0.196 e. The first-order chi connectivity index (χ1) is 8.70. The molecule has 0 saturated heterocycles. The lowest BCUT2D eigenvalue weighted by atomic mass is 10.1. The third kappa shape index (κ3) is 1.57. The zero-order valence-electron chi connectivity index (χ0n) is 10.1. The molecule has 3 rings (SSSR count). The molecule has 0 saturated carbocycles. The number of carbonyl (C=O) groups is 1. The van der Waals surface area contributed by atoms with Crippen molar-refractivity contribution in [1.82, 2.24) is 19.2 Å². The van der Waals surface area contributed by atoms with Gasteiger partial charge in [0.15, 0.2) is 17.1 Å². The minimum absolute atomic E-state index is 0.356. The molecule has 0 unspecified atom stereocenters. The van der Waals surface area contributed by atoms with E-state index < -0.39 is 0 Å². The molecule has 0 amide bonds. The average Bonchev–Trinajstić information content (AvgIpc) is 3.02. The minimum atomic E-state index is 0.356. The zero-order valence-corrected chi connectivity index (χ0v) is 10.9. The Balaban J connectivity index is 2.17. The number of rotatable bonds is 3. The van der Waals surface area contributed by atoms with Gasteiger partial charge in [-0.05, 0) is 12.0 Å². The summed E-state index contributed by atoms with van der Waals surface area (Å²) in [6.07, 6.45) is 4.50. The Morgan fingerprint density at radius 3 is 2.89 bits per heavy atom. The molecule has 0 bridgehead atoms. The van der Waals surface area contributed by atoms with E-state index in [1.54, 1.807) is 9.08 Å². The Bertz CT molecular complexity index is 707. The normalized spacial score (nSPS) is 11.5. The first kappa shape index (κ1) is 11.2. The molecule has 0 aliphatic heterocycles. The molecule has 3 aromatic rings. The fourth-order valence-electron chi connectivity index (χ4n) is 1.83. The lowest BCUT2D eigenvalue weighted by Gasteiger charge is -1.99. The molecule has 0 aliphatic rings. The van der Waals surface area contributed by atoms with Gasteiger partial charge >= 0.3 is 0 Å². The number of aldehydes is 1. The van der Waals surface area contributed by atoms with Gasteiger partial charge in [0.05, 0.1) is 5.69 Å². The lowest BCUT2D eigenvalue weighted by molar-refractivity contribution is 0.111. The second-order valence-electron chi connectivity index (χ2n) is 4.33. The Kier molecular flexibility index (Phi) is 2.52. The van der Waals surface area contributed by atoms with Crippen LogP contribution < -0.4 is 0 Å². The van der Waals surface area contributed by atoms with E-state index in [0.29, 0.717) is 17.4 Å². The molecule has 3 heterocycles. The van der Waals surface area contributed by atoms with Crippen LogP contribution >= 0.6 is 11.3 Å². The molecule has 92 valence electrons. The van der Waals surface area contributed by atoms with Crippen molar-refractivity contribution in [2.24, 2.45) is 0 Å². The second kappa shape index (κ2) is 4.06. The van der Waals surface area contributed by atoms with Gasteiger partial charge in [0, 0.05) is 17.8 Å². The number of imidazole rings is 1. The number of hydrogen-bond acceptors (Lipinski definition) is 4. The number of carbonyl (C=O) groups excluding carboxylic acids is 1. The van der Waals surface area contributed by atoms with Crippen molar-refractivity contribution in [3.05, 3.63) is 35.2 Å². The van der Waals surface area contributed by atoms with Crippen molar-refractivity contribution in [3.63, 3.8) is 0 Å². The Morgan fingerprint density at radius 2 is 2.22 bits per heavy atom. The van der Waals surface area contributed by atoms with Crippen LogP contribution in [-0.2, 0) is 0 Å². The minimum Gasteiger partial charge on any atom is -0.296 e. The fourth-order valence-corrected chi connectivity index (χ4v) is 2.55. The van der Waals surface area contributed by atoms with Gasteiger partial charge in [-0.25, -0.2) is 4.68 Å². The van der Waals surface area contributed by atoms with Gasteiger partial charge in [0.2, 0.25) is 0 Å². The molecule has 0 spiro atoms. The van der Waals surface area contributed by atoms with E-state index in [1.165, 1.54) is 11.3 Å². The van der Waals surface area contributed by atoms with E-state index in [4.69, 9.17) is 0 Å². The molecule has 0 radical (unpaired) electrons. The summed E-state index contributed by atoms with van der Waals surface area (Å²) in [4.78, 5) is 16.5. The molecular weight excluding hydrogens is 248 g/mol. The Labute approximate surface area is 108 Å². The standard InChI is InChI=1S/C12H12N4OS/c1-8(2)9-3-4-16(14-9)11-10(7-17)15-5-6-18-12(15)13-11/h3-8H,1-2H3. The van der Waals surface area contributed by atoms with Crippen LogP contribution in [0.4, 0.5) is 0 Å². The van der Waals surface area contributed by atoms with E-state index >= 15 is 0 Å². The highest BCUT2D eigenvalue weighted by Crippen LogP contribution is 2.20. The molecule has 0 aliphatic carbocycles. The van der Waals surface area contributed by atoms with E-state index in [0.717, 1.165) is 16.9 Å². The molecule has 6 heteroatoms. The van der Waals surface area contributed by atoms with Gasteiger partial charge in [-0.1, -0.05) is 13.8 Å². The number of fused-ring (bicyclic) bond motifs is 1. The first-order valence-electron chi connectivity index (χ1n) is 5.67. The molecule has 0 aromatic carbocycles. The van der Waals surface area contributed by atoms with Gasteiger partial charge in [-0.15, -0.1) is 11.3 Å².